The summed E-state index contributed by atoms with van der Waals surface area (Å²) < 4.78 is 22.1. The van der Waals surface area contributed by atoms with Crippen molar-refractivity contribution in [3.63, 3.8) is 0 Å². The highest BCUT2D eigenvalue weighted by molar-refractivity contribution is 6.41. The van der Waals surface area contributed by atoms with Crippen LogP contribution in [0, 0.1) is 11.2 Å². The number of ketones is 1. The van der Waals surface area contributed by atoms with Gasteiger partial charge in [-0.2, -0.15) is 0 Å². The van der Waals surface area contributed by atoms with E-state index in [-0.39, 0.29) is 52.8 Å². The number of benzene rings is 3. The van der Waals surface area contributed by atoms with Crippen LogP contribution >= 0.6 is 0 Å². The van der Waals surface area contributed by atoms with Gasteiger partial charge in [0.25, 0.3) is 0 Å². The molecule has 0 bridgehead atoms. The van der Waals surface area contributed by atoms with E-state index >= 15 is 4.39 Å². The van der Waals surface area contributed by atoms with Gasteiger partial charge in [0.1, 0.15) is 29.6 Å². The molecule has 1 fully saturated rings. The molecule has 0 saturated carbocycles. The number of Topliss-reactive ketones (excluding diaryl/α,β-unsaturated/α-hetero) is 1. The summed E-state index contributed by atoms with van der Waals surface area (Å²) in [4.78, 5) is 44.7. The number of carbonyl (C=O) groups is 3. The van der Waals surface area contributed by atoms with Crippen molar-refractivity contribution in [2.24, 2.45) is 5.41 Å². The molecule has 2 amide bonds. The lowest BCUT2D eigenvalue weighted by atomic mass is 9.73. The smallest absolute Gasteiger partial charge is 0.317 e. The number of hydrogen-bond donors (Lipinski definition) is 2. The largest absolute Gasteiger partial charge is 0.506 e. The van der Waals surface area contributed by atoms with Crippen LogP contribution < -0.4 is 15.0 Å². The van der Waals surface area contributed by atoms with Crippen molar-refractivity contribution in [3.05, 3.63) is 94.9 Å². The molecule has 9 heteroatoms. The molecule has 1 saturated heterocycles. The lowest BCUT2D eigenvalue weighted by molar-refractivity contribution is -0.145. The zero-order chi connectivity index (χ0) is 31.0. The maximum Gasteiger partial charge on any atom is 0.317 e. The van der Waals surface area contributed by atoms with E-state index in [1.807, 2.05) is 44.2 Å². The summed E-state index contributed by atoms with van der Waals surface area (Å²) in [5, 5.41) is 14.2. The predicted molar refractivity (Wildman–Crippen MR) is 165 cm³/mol. The van der Waals surface area contributed by atoms with E-state index in [4.69, 9.17) is 4.74 Å². The second-order valence-corrected chi connectivity index (χ2v) is 12.5. The van der Waals surface area contributed by atoms with Crippen LogP contribution in [-0.4, -0.2) is 40.7 Å². The number of ether oxygens (including phenoxy) is 1. The Morgan fingerprint density at radius 2 is 1.73 bits per heavy atom. The van der Waals surface area contributed by atoms with Crippen molar-refractivity contribution in [2.45, 2.75) is 58.6 Å². The summed E-state index contributed by atoms with van der Waals surface area (Å²) in [5.41, 5.74) is 1.62. The fraction of sp³-hybridized carbons (Fsp3) is 0.343. The molecule has 0 radical (unpaired) electrons. The molecule has 6 rings (SSSR count). The molecule has 44 heavy (non-hydrogen) atoms. The van der Waals surface area contributed by atoms with Gasteiger partial charge >= 0.3 is 11.8 Å². The first-order valence-corrected chi connectivity index (χ1v) is 15.1. The minimum atomic E-state index is -1.26. The van der Waals surface area contributed by atoms with E-state index < -0.39 is 29.1 Å². The molecule has 3 aliphatic rings. The summed E-state index contributed by atoms with van der Waals surface area (Å²) in [6, 6.07) is 17.2. The van der Waals surface area contributed by atoms with Gasteiger partial charge in [0.15, 0.2) is 5.78 Å². The Balaban J connectivity index is 1.49. The number of anilines is 2. The Morgan fingerprint density at radius 1 is 0.977 bits per heavy atom. The summed E-state index contributed by atoms with van der Waals surface area (Å²) in [5.74, 6) is -2.42. The van der Waals surface area contributed by atoms with Gasteiger partial charge in [-0.1, -0.05) is 50.2 Å². The quantitative estimate of drug-likeness (QED) is 0.272. The maximum atomic E-state index is 16.3. The topological polar surface area (TPSA) is 99.2 Å². The van der Waals surface area contributed by atoms with Crippen LogP contribution in [-0.2, 0) is 21.0 Å². The average molecular weight is 598 g/mol. The van der Waals surface area contributed by atoms with Crippen molar-refractivity contribution < 1.29 is 28.6 Å². The van der Waals surface area contributed by atoms with Crippen LogP contribution in [0.4, 0.5) is 15.8 Å². The van der Waals surface area contributed by atoms with Crippen LogP contribution in [0.3, 0.4) is 0 Å². The average Bonchev–Trinajstić information content (AvgIpc) is 3.15. The second kappa shape index (κ2) is 11.8. The van der Waals surface area contributed by atoms with Gasteiger partial charge in [-0.15, -0.1) is 0 Å². The first kappa shape index (κ1) is 29.4. The highest BCUT2D eigenvalue weighted by Gasteiger charge is 2.46. The van der Waals surface area contributed by atoms with E-state index in [0.29, 0.717) is 25.2 Å². The zero-order valence-corrected chi connectivity index (χ0v) is 24.9. The van der Waals surface area contributed by atoms with Crippen molar-refractivity contribution in [1.29, 1.82) is 0 Å². The number of aromatic hydroxyl groups is 1. The van der Waals surface area contributed by atoms with Gasteiger partial charge in [-0.05, 0) is 60.9 Å². The van der Waals surface area contributed by atoms with Crippen LogP contribution in [0.5, 0.6) is 11.5 Å². The minimum Gasteiger partial charge on any atom is -0.506 e. The number of para-hydroxylation sites is 1. The number of piperidine rings is 1. The Bertz CT molecular complexity index is 1650. The third kappa shape index (κ3) is 5.66. The molecule has 0 spiro atoms. The van der Waals surface area contributed by atoms with Gasteiger partial charge in [0.05, 0.1) is 11.7 Å². The number of nitrogens with one attached hydrogen (secondary N) is 1. The number of phenolic OH excluding ortho intramolecular Hbond substituents is 1. The highest BCUT2D eigenvalue weighted by atomic mass is 19.1. The van der Waals surface area contributed by atoms with E-state index in [1.165, 1.54) is 28.0 Å². The number of carbonyl (C=O) groups excluding carboxylic acids is 3. The van der Waals surface area contributed by atoms with Gasteiger partial charge in [-0.3, -0.25) is 19.3 Å². The Morgan fingerprint density at radius 3 is 2.45 bits per heavy atom. The number of likely N-dealkylation sites (tertiary alicyclic amines) is 1. The fourth-order valence-electron chi connectivity index (χ4n) is 6.46. The van der Waals surface area contributed by atoms with Crippen LogP contribution in [0.25, 0.3) is 0 Å². The van der Waals surface area contributed by atoms with Gasteiger partial charge < -0.3 is 20.1 Å². The molecule has 1 aliphatic carbocycles. The molecule has 2 heterocycles. The fourth-order valence-corrected chi connectivity index (χ4v) is 6.46. The number of fused-ring (bicyclic) bond motifs is 1. The third-order valence-electron chi connectivity index (χ3n) is 8.57. The van der Waals surface area contributed by atoms with E-state index in [1.54, 1.807) is 18.2 Å². The van der Waals surface area contributed by atoms with E-state index in [9.17, 15) is 19.5 Å². The van der Waals surface area contributed by atoms with Crippen LogP contribution in [0.2, 0.25) is 0 Å². The molecule has 2 aliphatic heterocycles. The lowest BCUT2D eigenvalue weighted by Gasteiger charge is -2.37. The van der Waals surface area contributed by atoms with Crippen LogP contribution in [0.15, 0.2) is 78.0 Å². The third-order valence-corrected chi connectivity index (χ3v) is 8.57. The number of hydrogen-bond acceptors (Lipinski definition) is 6. The molecular formula is C35H36FN3O5. The van der Waals surface area contributed by atoms with Crippen molar-refractivity contribution in [1.82, 2.24) is 4.90 Å². The van der Waals surface area contributed by atoms with Gasteiger partial charge in [0.2, 0.25) is 0 Å². The molecule has 3 aromatic rings. The normalized spacial score (nSPS) is 19.4. The summed E-state index contributed by atoms with van der Waals surface area (Å²) in [6.07, 6.45) is 3.12. The second-order valence-electron chi connectivity index (χ2n) is 12.5. The summed E-state index contributed by atoms with van der Waals surface area (Å²) >= 11 is 0. The number of nitrogens with zero attached hydrogens (tertiary/aromatic N) is 2. The summed E-state index contributed by atoms with van der Waals surface area (Å²) in [6.45, 7) is 5.04. The first-order valence-electron chi connectivity index (χ1n) is 15.1. The van der Waals surface area contributed by atoms with E-state index in [2.05, 4.69) is 5.32 Å². The minimum absolute atomic E-state index is 0.0513. The number of halogens is 1. The Hall–Kier alpha value is -4.66. The predicted octanol–water partition coefficient (Wildman–Crippen LogP) is 6.27. The molecule has 228 valence electrons. The molecule has 3 aromatic carbocycles. The molecule has 2 N–H and O–H groups in total. The first-order chi connectivity index (χ1) is 21.1. The van der Waals surface area contributed by atoms with Crippen molar-refractivity contribution >= 4 is 29.0 Å². The molecule has 1 atom stereocenters. The standard InChI is InChI=1S/C35H36FN3O5/c1-35(2)19-26-30(29(41)20-35)32(24-15-14-23(18-25(24)36)44-21-22-10-5-3-6-11-22)39(27-12-9-13-28(40)31(27)37-26)34(43)33(42)38-16-7-4-8-17-38/h3,5-6,9-15,18,32,37,40H,4,7-8,16-17,19-21H2,1-2H3. The van der Waals surface area contributed by atoms with Gasteiger partial charge in [0, 0.05) is 42.4 Å². The molecule has 1 unspecified atom stereocenters. The number of rotatable bonds is 4. The number of amides is 2. The zero-order valence-electron chi connectivity index (χ0n) is 24.9. The highest BCUT2D eigenvalue weighted by Crippen LogP contribution is 2.51. The molecule has 0 aromatic heterocycles. The van der Waals surface area contributed by atoms with Crippen molar-refractivity contribution in [3.8, 4) is 11.5 Å². The Labute approximate surface area is 256 Å². The van der Waals surface area contributed by atoms with E-state index in [0.717, 1.165) is 24.8 Å². The molecular weight excluding hydrogens is 561 g/mol. The van der Waals surface area contributed by atoms with Gasteiger partial charge in [-0.25, -0.2) is 4.39 Å². The maximum absolute atomic E-state index is 16.3. The molecule has 8 nitrogen and oxygen atoms in total. The number of allylic oxidation sites excluding steroid dienone is 1. The lowest BCUT2D eigenvalue weighted by Crippen LogP contribution is -2.49. The SMILES string of the molecule is CC1(C)CC(=O)C2=C(C1)Nc1c(O)cccc1N(C(=O)C(=O)N1CCCCC1)C2c1ccc(OCc2ccccc2)cc1F. The Kier molecular flexibility index (Phi) is 7.88. The van der Waals surface area contributed by atoms with Crippen molar-refractivity contribution in [2.75, 3.05) is 23.3 Å². The number of phenols is 1. The monoisotopic (exact) mass is 597 g/mol. The van der Waals surface area contributed by atoms with Crippen LogP contribution in [0.1, 0.15) is 63.1 Å². The summed E-state index contributed by atoms with van der Waals surface area (Å²) in [7, 11) is 0.